The summed E-state index contributed by atoms with van der Waals surface area (Å²) >= 11 is 0. The van der Waals surface area contributed by atoms with E-state index < -0.39 is 21.0 Å². The van der Waals surface area contributed by atoms with Gasteiger partial charge in [-0.1, -0.05) is 27.4 Å². The molecule has 0 bridgehead atoms. The summed E-state index contributed by atoms with van der Waals surface area (Å²) in [5.74, 6) is 0.647. The van der Waals surface area contributed by atoms with Crippen molar-refractivity contribution in [3.05, 3.63) is 47.9 Å². The fourth-order valence-corrected chi connectivity index (χ4v) is 6.21. The first-order valence-corrected chi connectivity index (χ1v) is 14.3. The lowest BCUT2D eigenvalue weighted by Crippen LogP contribution is -2.47. The average molecular weight is 532 g/mol. The van der Waals surface area contributed by atoms with E-state index in [9.17, 15) is 13.2 Å². The monoisotopic (exact) mass is 531 g/mol. The summed E-state index contributed by atoms with van der Waals surface area (Å²) in [7, 11) is -4.31. The quantitative estimate of drug-likeness (QED) is 0.436. The Morgan fingerprint density at radius 2 is 1.92 bits per heavy atom. The van der Waals surface area contributed by atoms with Gasteiger partial charge in [0.1, 0.15) is 11.6 Å². The highest BCUT2D eigenvalue weighted by Crippen LogP contribution is 2.45. The predicted molar refractivity (Wildman–Crippen MR) is 148 cm³/mol. The Bertz CT molecular complexity index is 1190. The van der Waals surface area contributed by atoms with E-state index in [4.69, 9.17) is 15.5 Å². The van der Waals surface area contributed by atoms with Crippen molar-refractivity contribution < 1.29 is 17.9 Å². The molecule has 3 N–H and O–H groups in total. The molecule has 0 aliphatic carbocycles. The molecule has 1 unspecified atom stereocenters. The number of nitrogens with two attached hydrogens (primary N) is 1. The number of aromatic nitrogens is 1. The second kappa shape index (κ2) is 10.9. The summed E-state index contributed by atoms with van der Waals surface area (Å²) in [4.78, 5) is 24.4. The number of nitrogens with zero attached hydrogens (tertiary/aromatic N) is 3. The van der Waals surface area contributed by atoms with E-state index in [1.165, 1.54) is 6.08 Å². The number of hydrogen-bond donors (Lipinski definition) is 2. The predicted octanol–water partition coefficient (Wildman–Crippen LogP) is 3.87. The first kappa shape index (κ1) is 28.8. The average Bonchev–Trinajstić information content (AvgIpc) is 3.15. The first-order chi connectivity index (χ1) is 17.2. The topological polar surface area (TPSA) is 127 Å². The van der Waals surface area contributed by atoms with Gasteiger partial charge in [-0.25, -0.2) is 14.7 Å². The molecule has 0 spiro atoms. The van der Waals surface area contributed by atoms with Gasteiger partial charge in [0.15, 0.2) is 5.04 Å². The molecular weight excluding hydrogens is 490 g/mol. The minimum absolute atomic E-state index is 0.00239. The smallest absolute Gasteiger partial charge is 0.281 e. The van der Waals surface area contributed by atoms with Crippen LogP contribution in [0, 0.1) is 11.8 Å². The van der Waals surface area contributed by atoms with Crippen LogP contribution in [-0.2, 0) is 20.2 Å². The van der Waals surface area contributed by atoms with Gasteiger partial charge in [-0.05, 0) is 76.2 Å². The summed E-state index contributed by atoms with van der Waals surface area (Å²) in [5, 5.41) is -0.432. The van der Waals surface area contributed by atoms with Crippen LogP contribution in [0.2, 0.25) is 0 Å². The van der Waals surface area contributed by atoms with Gasteiger partial charge in [-0.15, -0.1) is 0 Å². The maximum Gasteiger partial charge on any atom is 0.281 e. The molecular formula is C27H41N5O4S. The SMILES string of the molecule is C=CC(=N/C(N)=C\C)S(=O)(=O)NC(=O)c1ccc(C(C)(C)C)nc1N1CCC(C2CCOCC2)C1(C)C. The zero-order chi connectivity index (χ0) is 27.6. The summed E-state index contributed by atoms with van der Waals surface area (Å²) in [6.07, 6.45) is 5.51. The Kier molecular flexibility index (Phi) is 8.54. The molecule has 37 heavy (non-hydrogen) atoms. The Hall–Kier alpha value is -2.72. The van der Waals surface area contributed by atoms with E-state index in [1.807, 2.05) is 0 Å². The molecule has 2 aliphatic heterocycles. The van der Waals surface area contributed by atoms with E-state index in [-0.39, 0.29) is 22.3 Å². The van der Waals surface area contributed by atoms with E-state index >= 15 is 0 Å². The molecule has 2 aliphatic rings. The molecule has 0 radical (unpaired) electrons. The van der Waals surface area contributed by atoms with Crippen LogP contribution < -0.4 is 15.4 Å². The lowest BCUT2D eigenvalue weighted by Gasteiger charge is -2.42. The molecule has 10 heteroatoms. The largest absolute Gasteiger partial charge is 0.384 e. The second-order valence-electron chi connectivity index (χ2n) is 11.3. The van der Waals surface area contributed by atoms with Crippen LogP contribution >= 0.6 is 0 Å². The van der Waals surface area contributed by atoms with E-state index in [0.717, 1.165) is 50.8 Å². The van der Waals surface area contributed by atoms with Crippen molar-refractivity contribution in [3.8, 4) is 0 Å². The van der Waals surface area contributed by atoms with Gasteiger partial charge in [-0.3, -0.25) is 4.79 Å². The minimum Gasteiger partial charge on any atom is -0.384 e. The molecule has 3 rings (SSSR count). The first-order valence-electron chi connectivity index (χ1n) is 12.8. The fraction of sp³-hybridized carbons (Fsp3) is 0.593. The number of carbonyl (C=O) groups excluding carboxylic acids is 1. The highest BCUT2D eigenvalue weighted by Gasteiger charge is 2.47. The number of allylic oxidation sites excluding steroid dienone is 1. The standard InChI is InChI=1S/C27H41N5O4S/c1-8-22(28)30-23(9-2)37(34,35)31-25(33)19-10-11-21(26(3,4)5)29-24(19)32-15-12-20(27(32,6)7)18-13-16-36-17-14-18/h8-11,18,20H,2,12-17,28H2,1,3-7H3,(H,31,33)/b22-8-,30-23?. The Morgan fingerprint density at radius 1 is 1.27 bits per heavy atom. The number of amides is 1. The number of nitrogens with one attached hydrogen (secondary N) is 1. The summed E-state index contributed by atoms with van der Waals surface area (Å²) in [5.41, 5.74) is 6.15. The Labute approximate surface area is 221 Å². The number of anilines is 1. The van der Waals surface area contributed by atoms with E-state index in [2.05, 4.69) is 55.8 Å². The number of pyridine rings is 1. The summed E-state index contributed by atoms with van der Waals surface area (Å²) < 4.78 is 33.7. The number of carbonyl (C=O) groups is 1. The van der Waals surface area contributed by atoms with Crippen LogP contribution in [0.3, 0.4) is 0 Å². The van der Waals surface area contributed by atoms with Crippen molar-refractivity contribution in [3.63, 3.8) is 0 Å². The van der Waals surface area contributed by atoms with E-state index in [0.29, 0.717) is 17.7 Å². The Morgan fingerprint density at radius 3 is 2.49 bits per heavy atom. The third-order valence-corrected chi connectivity index (χ3v) is 8.72. The van der Waals surface area contributed by atoms with Crippen LogP contribution in [0.4, 0.5) is 5.82 Å². The number of aliphatic imine (C=N–C) groups is 1. The molecule has 2 saturated heterocycles. The second-order valence-corrected chi connectivity index (χ2v) is 12.9. The van der Waals surface area contributed by atoms with Gasteiger partial charge in [-0.2, -0.15) is 8.42 Å². The molecule has 1 atom stereocenters. The van der Waals surface area contributed by atoms with Crippen LogP contribution in [0.25, 0.3) is 0 Å². The zero-order valence-electron chi connectivity index (χ0n) is 22.9. The van der Waals surface area contributed by atoms with Crippen LogP contribution in [0.15, 0.2) is 41.7 Å². The molecule has 0 aromatic carbocycles. The molecule has 1 amide bonds. The van der Waals surface area contributed by atoms with Crippen LogP contribution in [0.1, 0.15) is 76.9 Å². The third kappa shape index (κ3) is 6.23. The molecule has 1 aromatic rings. The number of sulfonamides is 1. The van der Waals surface area contributed by atoms with E-state index in [1.54, 1.807) is 19.1 Å². The number of ether oxygens (including phenoxy) is 1. The molecule has 0 saturated carbocycles. The molecule has 9 nitrogen and oxygen atoms in total. The summed E-state index contributed by atoms with van der Waals surface area (Å²) in [6, 6.07) is 3.45. The van der Waals surface area contributed by atoms with Crippen molar-refractivity contribution in [1.29, 1.82) is 0 Å². The van der Waals surface area contributed by atoms with Crippen molar-refractivity contribution in [2.24, 2.45) is 22.6 Å². The van der Waals surface area contributed by atoms with Gasteiger partial charge in [0.05, 0.1) is 5.56 Å². The highest BCUT2D eigenvalue weighted by atomic mass is 32.2. The fourth-order valence-electron chi connectivity index (χ4n) is 5.30. The lowest BCUT2D eigenvalue weighted by molar-refractivity contribution is 0.0382. The molecule has 2 fully saturated rings. The maximum absolute atomic E-state index is 13.5. The highest BCUT2D eigenvalue weighted by molar-refractivity contribution is 8.05. The van der Waals surface area contributed by atoms with Crippen LogP contribution in [-0.4, -0.2) is 49.7 Å². The van der Waals surface area contributed by atoms with Gasteiger partial charge < -0.3 is 15.4 Å². The summed E-state index contributed by atoms with van der Waals surface area (Å²) in [6.45, 7) is 17.9. The van der Waals surface area contributed by atoms with Crippen molar-refractivity contribution in [2.75, 3.05) is 24.7 Å². The zero-order valence-corrected chi connectivity index (χ0v) is 23.7. The van der Waals surface area contributed by atoms with Crippen molar-refractivity contribution in [1.82, 2.24) is 9.71 Å². The van der Waals surface area contributed by atoms with Gasteiger partial charge >= 0.3 is 0 Å². The minimum atomic E-state index is -4.31. The number of hydrogen-bond acceptors (Lipinski definition) is 8. The normalized spacial score (nSPS) is 21.7. The molecule has 3 heterocycles. The third-order valence-electron chi connectivity index (χ3n) is 7.46. The Balaban J connectivity index is 2.03. The number of rotatable bonds is 5. The molecule has 1 aromatic heterocycles. The van der Waals surface area contributed by atoms with Gasteiger partial charge in [0.2, 0.25) is 0 Å². The van der Waals surface area contributed by atoms with Crippen molar-refractivity contribution >= 4 is 26.8 Å². The van der Waals surface area contributed by atoms with Crippen molar-refractivity contribution in [2.45, 2.75) is 71.8 Å². The molecule has 204 valence electrons. The van der Waals surface area contributed by atoms with Gasteiger partial charge in [0, 0.05) is 36.4 Å². The van der Waals surface area contributed by atoms with Crippen LogP contribution in [0.5, 0.6) is 0 Å². The van der Waals surface area contributed by atoms with Gasteiger partial charge in [0.25, 0.3) is 15.9 Å². The lowest BCUT2D eigenvalue weighted by atomic mass is 9.75. The maximum atomic E-state index is 13.5.